The number of carbonyl (C=O) groups is 1. The van der Waals surface area contributed by atoms with Crippen molar-refractivity contribution in [1.29, 1.82) is 0 Å². The third-order valence-electron chi connectivity index (χ3n) is 3.75. The normalized spacial score (nSPS) is 28.2. The second-order valence-electron chi connectivity index (χ2n) is 5.05. The Morgan fingerprint density at radius 1 is 1.67 bits per heavy atom. The molecular weight excluding hydrogens is 230 g/mol. The highest BCUT2D eigenvalue weighted by molar-refractivity contribution is 5.79. The van der Waals surface area contributed by atoms with Crippen LogP contribution in [-0.2, 0) is 4.79 Å². The second-order valence-corrected chi connectivity index (χ2v) is 5.05. The van der Waals surface area contributed by atoms with Gasteiger partial charge in [-0.15, -0.1) is 0 Å². The standard InChI is InChI=1S/C13H21N3O2/c1-2-7-14-13(12(17)18)6-3-5-11(10-13)16-9-4-8-15-16/h4,8-9,11,14H,2-3,5-7,10H2,1H3,(H,17,18). The molecular formula is C13H21N3O2. The van der Waals surface area contributed by atoms with Crippen LogP contribution in [0, 0.1) is 0 Å². The molecule has 0 saturated heterocycles. The van der Waals surface area contributed by atoms with E-state index in [2.05, 4.69) is 17.3 Å². The fraction of sp³-hybridized carbons (Fsp3) is 0.692. The molecule has 100 valence electrons. The molecule has 1 aromatic rings. The van der Waals surface area contributed by atoms with E-state index in [1.807, 2.05) is 16.9 Å². The molecule has 1 aliphatic rings. The van der Waals surface area contributed by atoms with Gasteiger partial charge in [-0.3, -0.25) is 9.48 Å². The van der Waals surface area contributed by atoms with Gasteiger partial charge in [0.05, 0.1) is 6.04 Å². The van der Waals surface area contributed by atoms with Gasteiger partial charge in [-0.1, -0.05) is 6.92 Å². The Hall–Kier alpha value is -1.36. The predicted octanol–water partition coefficient (Wildman–Crippen LogP) is 1.82. The minimum Gasteiger partial charge on any atom is -0.480 e. The van der Waals surface area contributed by atoms with Crippen molar-refractivity contribution in [2.24, 2.45) is 0 Å². The lowest BCUT2D eigenvalue weighted by atomic mass is 9.79. The van der Waals surface area contributed by atoms with Crippen LogP contribution in [0.15, 0.2) is 18.5 Å². The van der Waals surface area contributed by atoms with Gasteiger partial charge in [0.2, 0.25) is 0 Å². The van der Waals surface area contributed by atoms with Crippen LogP contribution in [-0.4, -0.2) is 32.9 Å². The predicted molar refractivity (Wildman–Crippen MR) is 68.4 cm³/mol. The van der Waals surface area contributed by atoms with Gasteiger partial charge in [-0.2, -0.15) is 5.10 Å². The van der Waals surface area contributed by atoms with E-state index in [0.717, 1.165) is 25.8 Å². The lowest BCUT2D eigenvalue weighted by Gasteiger charge is -2.38. The first-order valence-corrected chi connectivity index (χ1v) is 6.65. The van der Waals surface area contributed by atoms with E-state index >= 15 is 0 Å². The minimum absolute atomic E-state index is 0.189. The molecule has 5 nitrogen and oxygen atoms in total. The number of carboxylic acids is 1. The lowest BCUT2D eigenvalue weighted by molar-refractivity contribution is -0.147. The quantitative estimate of drug-likeness (QED) is 0.837. The van der Waals surface area contributed by atoms with Crippen molar-refractivity contribution >= 4 is 5.97 Å². The van der Waals surface area contributed by atoms with E-state index in [1.54, 1.807) is 6.20 Å². The Morgan fingerprint density at radius 3 is 3.11 bits per heavy atom. The van der Waals surface area contributed by atoms with Crippen LogP contribution < -0.4 is 5.32 Å². The topological polar surface area (TPSA) is 67.2 Å². The van der Waals surface area contributed by atoms with E-state index in [4.69, 9.17) is 0 Å². The Balaban J connectivity index is 2.13. The largest absolute Gasteiger partial charge is 0.480 e. The Morgan fingerprint density at radius 2 is 2.50 bits per heavy atom. The van der Waals surface area contributed by atoms with Crippen molar-refractivity contribution in [3.8, 4) is 0 Å². The van der Waals surface area contributed by atoms with E-state index in [-0.39, 0.29) is 6.04 Å². The number of aromatic nitrogens is 2. The summed E-state index contributed by atoms with van der Waals surface area (Å²) in [5.41, 5.74) is -0.773. The van der Waals surface area contributed by atoms with Gasteiger partial charge in [0.15, 0.2) is 0 Å². The van der Waals surface area contributed by atoms with Crippen molar-refractivity contribution in [2.45, 2.75) is 50.6 Å². The summed E-state index contributed by atoms with van der Waals surface area (Å²) in [5.74, 6) is -0.729. The number of nitrogens with one attached hydrogen (secondary N) is 1. The molecule has 2 atom stereocenters. The molecule has 1 fully saturated rings. The summed E-state index contributed by atoms with van der Waals surface area (Å²) in [6, 6.07) is 2.07. The first-order chi connectivity index (χ1) is 8.68. The van der Waals surface area contributed by atoms with Crippen LogP contribution in [0.4, 0.5) is 0 Å². The monoisotopic (exact) mass is 251 g/mol. The number of aliphatic carboxylic acids is 1. The maximum absolute atomic E-state index is 11.6. The first-order valence-electron chi connectivity index (χ1n) is 6.65. The molecule has 0 spiro atoms. The van der Waals surface area contributed by atoms with Crippen LogP contribution >= 0.6 is 0 Å². The Kier molecular flexibility index (Phi) is 4.01. The van der Waals surface area contributed by atoms with Gasteiger partial charge in [-0.25, -0.2) is 0 Å². The van der Waals surface area contributed by atoms with Gasteiger partial charge < -0.3 is 10.4 Å². The summed E-state index contributed by atoms with van der Waals surface area (Å²) in [4.78, 5) is 11.6. The number of rotatable bonds is 5. The van der Waals surface area contributed by atoms with Crippen LogP contribution in [0.2, 0.25) is 0 Å². The van der Waals surface area contributed by atoms with E-state index in [0.29, 0.717) is 12.8 Å². The zero-order valence-corrected chi connectivity index (χ0v) is 10.8. The summed E-state index contributed by atoms with van der Waals surface area (Å²) in [6.45, 7) is 2.80. The first kappa shape index (κ1) is 13.1. The molecule has 0 aromatic carbocycles. The average molecular weight is 251 g/mol. The van der Waals surface area contributed by atoms with Crippen LogP contribution in [0.3, 0.4) is 0 Å². The highest BCUT2D eigenvalue weighted by atomic mass is 16.4. The summed E-state index contributed by atoms with van der Waals surface area (Å²) >= 11 is 0. The molecule has 5 heteroatoms. The zero-order valence-electron chi connectivity index (χ0n) is 10.8. The Bertz CT molecular complexity index is 391. The van der Waals surface area contributed by atoms with Crippen LogP contribution in [0.25, 0.3) is 0 Å². The molecule has 2 rings (SSSR count). The van der Waals surface area contributed by atoms with Crippen molar-refractivity contribution in [3.63, 3.8) is 0 Å². The van der Waals surface area contributed by atoms with Crippen molar-refractivity contribution in [1.82, 2.24) is 15.1 Å². The number of nitrogens with zero attached hydrogens (tertiary/aromatic N) is 2. The van der Waals surface area contributed by atoms with Crippen molar-refractivity contribution in [2.75, 3.05) is 6.54 Å². The highest BCUT2D eigenvalue weighted by Gasteiger charge is 2.43. The molecule has 0 bridgehead atoms. The molecule has 1 aliphatic carbocycles. The molecule has 1 heterocycles. The van der Waals surface area contributed by atoms with Crippen molar-refractivity contribution in [3.05, 3.63) is 18.5 Å². The fourth-order valence-corrected chi connectivity index (χ4v) is 2.76. The van der Waals surface area contributed by atoms with Gasteiger partial charge in [0.1, 0.15) is 5.54 Å². The van der Waals surface area contributed by atoms with E-state index in [9.17, 15) is 9.90 Å². The number of hydrogen-bond acceptors (Lipinski definition) is 3. The minimum atomic E-state index is -0.773. The molecule has 1 saturated carbocycles. The van der Waals surface area contributed by atoms with Gasteiger partial charge in [0.25, 0.3) is 0 Å². The smallest absolute Gasteiger partial charge is 0.323 e. The molecule has 0 aliphatic heterocycles. The number of hydrogen-bond donors (Lipinski definition) is 2. The molecule has 2 unspecified atom stereocenters. The summed E-state index contributed by atoms with van der Waals surface area (Å²) in [6.07, 6.45) is 7.86. The molecule has 18 heavy (non-hydrogen) atoms. The summed E-state index contributed by atoms with van der Waals surface area (Å²) in [7, 11) is 0. The lowest BCUT2D eigenvalue weighted by Crippen LogP contribution is -2.55. The number of carboxylic acid groups (broad SMARTS) is 1. The van der Waals surface area contributed by atoms with Gasteiger partial charge in [0, 0.05) is 12.4 Å². The van der Waals surface area contributed by atoms with Gasteiger partial charge >= 0.3 is 5.97 Å². The summed E-state index contributed by atoms with van der Waals surface area (Å²) in [5, 5.41) is 17.0. The third-order valence-corrected chi connectivity index (χ3v) is 3.75. The fourth-order valence-electron chi connectivity index (χ4n) is 2.76. The highest BCUT2D eigenvalue weighted by Crippen LogP contribution is 2.35. The average Bonchev–Trinajstić information content (AvgIpc) is 2.90. The van der Waals surface area contributed by atoms with E-state index in [1.165, 1.54) is 0 Å². The zero-order chi connectivity index (χ0) is 13.0. The van der Waals surface area contributed by atoms with Crippen LogP contribution in [0.5, 0.6) is 0 Å². The van der Waals surface area contributed by atoms with Crippen LogP contribution in [0.1, 0.15) is 45.1 Å². The molecule has 1 aromatic heterocycles. The van der Waals surface area contributed by atoms with E-state index < -0.39 is 11.5 Å². The second kappa shape index (κ2) is 5.52. The molecule has 2 N–H and O–H groups in total. The Labute approximate surface area is 107 Å². The van der Waals surface area contributed by atoms with Crippen molar-refractivity contribution < 1.29 is 9.90 Å². The SMILES string of the molecule is CCCNC1(C(=O)O)CCCC(n2cccn2)C1. The maximum Gasteiger partial charge on any atom is 0.323 e. The maximum atomic E-state index is 11.6. The van der Waals surface area contributed by atoms with Gasteiger partial charge in [-0.05, 0) is 44.7 Å². The molecule has 0 radical (unpaired) electrons. The summed E-state index contributed by atoms with van der Waals surface area (Å²) < 4.78 is 1.89. The third kappa shape index (κ3) is 2.56. The molecule has 0 amide bonds.